The van der Waals surface area contributed by atoms with Gasteiger partial charge < -0.3 is 15.2 Å². The molecule has 0 spiro atoms. The summed E-state index contributed by atoms with van der Waals surface area (Å²) in [6.45, 7) is 5.99. The lowest BCUT2D eigenvalue weighted by Gasteiger charge is -2.29. The Morgan fingerprint density at radius 3 is 2.77 bits per heavy atom. The molecule has 4 rings (SSSR count). The molecular weight excluding hydrogens is 348 g/mol. The number of aromatic nitrogens is 2. The third kappa shape index (κ3) is 2.95. The Morgan fingerprint density at radius 2 is 2.04 bits per heavy atom. The van der Waals surface area contributed by atoms with E-state index < -0.39 is 0 Å². The number of piperidine rings is 1. The van der Waals surface area contributed by atoms with Crippen molar-refractivity contribution in [3.05, 3.63) is 40.0 Å². The number of likely N-dealkylation sites (tertiary alicyclic amines) is 1. The number of rotatable bonds is 2. The van der Waals surface area contributed by atoms with E-state index in [1.165, 1.54) is 0 Å². The summed E-state index contributed by atoms with van der Waals surface area (Å²) >= 11 is 6.58. The van der Waals surface area contributed by atoms with Crippen LogP contribution >= 0.6 is 11.6 Å². The van der Waals surface area contributed by atoms with Gasteiger partial charge >= 0.3 is 0 Å². The molecule has 0 unspecified atom stereocenters. The summed E-state index contributed by atoms with van der Waals surface area (Å²) < 4.78 is 0. The monoisotopic (exact) mass is 370 g/mol. The average molecular weight is 371 g/mol. The molecule has 3 aromatic rings. The van der Waals surface area contributed by atoms with Gasteiger partial charge in [-0.25, -0.2) is 4.98 Å². The van der Waals surface area contributed by atoms with E-state index in [0.29, 0.717) is 10.6 Å². The summed E-state index contributed by atoms with van der Waals surface area (Å²) in [5, 5.41) is 5.69. The van der Waals surface area contributed by atoms with Crippen LogP contribution in [-0.4, -0.2) is 47.0 Å². The van der Waals surface area contributed by atoms with Crippen LogP contribution in [0.2, 0.25) is 5.02 Å². The quantitative estimate of drug-likeness (QED) is 0.721. The molecule has 0 saturated carbocycles. The molecule has 0 radical (unpaired) electrons. The number of pyridine rings is 1. The molecule has 136 valence electrons. The van der Waals surface area contributed by atoms with Crippen molar-refractivity contribution in [3.8, 4) is 0 Å². The number of aryl methyl sites for hydroxylation is 2. The van der Waals surface area contributed by atoms with Gasteiger partial charge in [-0.3, -0.25) is 4.79 Å². The number of halogens is 1. The number of carbonyl (C=O) groups is 1. The molecule has 0 bridgehead atoms. The first-order valence-electron chi connectivity index (χ1n) is 9.00. The van der Waals surface area contributed by atoms with Gasteiger partial charge in [0.05, 0.1) is 10.5 Å². The molecule has 2 N–H and O–H groups in total. The number of H-pyrrole nitrogens is 1. The SMILES string of the molecule is Cc1cnc2[nH]c3c(C)c(C(=O)NC4CCN(C)CC4)cc(Cl)c3c2c1. The second kappa shape index (κ2) is 6.56. The van der Waals surface area contributed by atoms with Crippen LogP contribution in [0, 0.1) is 13.8 Å². The van der Waals surface area contributed by atoms with E-state index in [4.69, 9.17) is 11.6 Å². The second-order valence-electron chi connectivity index (χ2n) is 7.37. The summed E-state index contributed by atoms with van der Waals surface area (Å²) in [4.78, 5) is 22.9. The number of hydrogen-bond donors (Lipinski definition) is 2. The Morgan fingerprint density at radius 1 is 1.31 bits per heavy atom. The predicted octanol–water partition coefficient (Wildman–Crippen LogP) is 3.81. The van der Waals surface area contributed by atoms with Crippen molar-refractivity contribution in [1.29, 1.82) is 0 Å². The highest BCUT2D eigenvalue weighted by Crippen LogP contribution is 2.35. The maximum absolute atomic E-state index is 12.9. The molecule has 0 aliphatic carbocycles. The zero-order chi connectivity index (χ0) is 18.4. The summed E-state index contributed by atoms with van der Waals surface area (Å²) in [5.74, 6) is -0.0522. The number of fused-ring (bicyclic) bond motifs is 3. The maximum Gasteiger partial charge on any atom is 0.251 e. The highest BCUT2D eigenvalue weighted by Gasteiger charge is 2.22. The summed E-state index contributed by atoms with van der Waals surface area (Å²) in [7, 11) is 2.11. The van der Waals surface area contributed by atoms with E-state index in [2.05, 4.69) is 33.3 Å². The summed E-state index contributed by atoms with van der Waals surface area (Å²) in [6.07, 6.45) is 3.79. The summed E-state index contributed by atoms with van der Waals surface area (Å²) in [5.41, 5.74) is 4.30. The normalized spacial score (nSPS) is 16.5. The van der Waals surface area contributed by atoms with Crippen molar-refractivity contribution in [3.63, 3.8) is 0 Å². The van der Waals surface area contributed by atoms with Crippen molar-refractivity contribution in [2.24, 2.45) is 0 Å². The molecule has 1 amide bonds. The van der Waals surface area contributed by atoms with Crippen LogP contribution in [0.4, 0.5) is 0 Å². The molecule has 3 heterocycles. The minimum Gasteiger partial charge on any atom is -0.349 e. The molecule has 6 heteroatoms. The molecule has 26 heavy (non-hydrogen) atoms. The number of aromatic amines is 1. The first kappa shape index (κ1) is 17.3. The molecule has 1 saturated heterocycles. The van der Waals surface area contributed by atoms with E-state index in [1.807, 2.05) is 20.0 Å². The molecule has 1 aliphatic rings. The van der Waals surface area contributed by atoms with E-state index in [-0.39, 0.29) is 11.9 Å². The van der Waals surface area contributed by atoms with Crippen LogP contribution in [0.15, 0.2) is 18.3 Å². The van der Waals surface area contributed by atoms with E-state index >= 15 is 0 Å². The number of benzene rings is 1. The molecule has 0 atom stereocenters. The van der Waals surface area contributed by atoms with E-state index in [0.717, 1.165) is 59.0 Å². The van der Waals surface area contributed by atoms with Gasteiger partial charge in [0.15, 0.2) is 0 Å². The Labute approximate surface area is 157 Å². The first-order valence-corrected chi connectivity index (χ1v) is 9.38. The van der Waals surface area contributed by atoms with Crippen molar-refractivity contribution in [2.45, 2.75) is 32.7 Å². The summed E-state index contributed by atoms with van der Waals surface area (Å²) in [6, 6.07) is 4.09. The zero-order valence-corrected chi connectivity index (χ0v) is 16.1. The van der Waals surface area contributed by atoms with Gasteiger partial charge in [0.2, 0.25) is 0 Å². The van der Waals surface area contributed by atoms with Gasteiger partial charge in [-0.15, -0.1) is 0 Å². The highest BCUT2D eigenvalue weighted by molar-refractivity contribution is 6.38. The Hall–Kier alpha value is -2.11. The van der Waals surface area contributed by atoms with Crippen LogP contribution in [0.1, 0.15) is 34.3 Å². The number of nitrogens with one attached hydrogen (secondary N) is 2. The molecule has 1 fully saturated rings. The fraction of sp³-hybridized carbons (Fsp3) is 0.400. The largest absolute Gasteiger partial charge is 0.349 e. The van der Waals surface area contributed by atoms with Crippen molar-refractivity contribution >= 4 is 39.4 Å². The number of amides is 1. The van der Waals surface area contributed by atoms with Gasteiger partial charge in [0.1, 0.15) is 5.65 Å². The van der Waals surface area contributed by atoms with Crippen molar-refractivity contribution < 1.29 is 4.79 Å². The Kier molecular flexibility index (Phi) is 4.37. The van der Waals surface area contributed by atoms with Gasteiger partial charge in [-0.2, -0.15) is 0 Å². The van der Waals surface area contributed by atoms with Gasteiger partial charge in [0, 0.05) is 28.6 Å². The maximum atomic E-state index is 12.9. The van der Waals surface area contributed by atoms with Crippen LogP contribution in [0.3, 0.4) is 0 Å². The number of hydrogen-bond acceptors (Lipinski definition) is 3. The van der Waals surface area contributed by atoms with E-state index in [9.17, 15) is 4.79 Å². The van der Waals surface area contributed by atoms with Crippen LogP contribution in [0.5, 0.6) is 0 Å². The lowest BCUT2D eigenvalue weighted by Crippen LogP contribution is -2.43. The predicted molar refractivity (Wildman–Crippen MR) is 106 cm³/mol. The third-order valence-corrected chi connectivity index (χ3v) is 5.67. The van der Waals surface area contributed by atoms with Crippen molar-refractivity contribution in [2.75, 3.05) is 20.1 Å². The lowest BCUT2D eigenvalue weighted by molar-refractivity contribution is 0.0916. The molecule has 2 aromatic heterocycles. The van der Waals surface area contributed by atoms with Gasteiger partial charge in [-0.1, -0.05) is 11.6 Å². The molecule has 5 nitrogen and oxygen atoms in total. The van der Waals surface area contributed by atoms with Crippen molar-refractivity contribution in [1.82, 2.24) is 20.2 Å². The van der Waals surface area contributed by atoms with Crippen LogP contribution in [0.25, 0.3) is 21.9 Å². The lowest BCUT2D eigenvalue weighted by atomic mass is 10.0. The highest BCUT2D eigenvalue weighted by atomic mass is 35.5. The smallest absolute Gasteiger partial charge is 0.251 e. The molecule has 1 aliphatic heterocycles. The topological polar surface area (TPSA) is 61.0 Å². The second-order valence-corrected chi connectivity index (χ2v) is 7.77. The third-order valence-electron chi connectivity index (χ3n) is 5.37. The van der Waals surface area contributed by atoms with Crippen LogP contribution in [-0.2, 0) is 0 Å². The fourth-order valence-corrected chi connectivity index (χ4v) is 4.10. The van der Waals surface area contributed by atoms with Gasteiger partial charge in [0.25, 0.3) is 5.91 Å². The molecular formula is C20H23ClN4O. The van der Waals surface area contributed by atoms with Gasteiger partial charge in [-0.05, 0) is 70.1 Å². The standard InChI is InChI=1S/C20H23ClN4O/c1-11-8-15-17-16(21)9-14(12(2)18(17)24-19(15)22-10-11)20(26)23-13-4-6-25(3)7-5-13/h8-10,13H,4-7H2,1-3H3,(H,22,24)(H,23,26). The zero-order valence-electron chi connectivity index (χ0n) is 15.3. The Bertz CT molecular complexity index is 1000. The number of nitrogens with zero attached hydrogens (tertiary/aromatic N) is 2. The van der Waals surface area contributed by atoms with E-state index in [1.54, 1.807) is 6.07 Å². The molecule has 1 aromatic carbocycles. The van der Waals surface area contributed by atoms with Crippen LogP contribution < -0.4 is 5.32 Å². The first-order chi connectivity index (χ1) is 12.4. The number of carbonyl (C=O) groups excluding carboxylic acids is 1. The minimum absolute atomic E-state index is 0.0522. The average Bonchev–Trinajstić information content (AvgIpc) is 2.99. The fourth-order valence-electron chi connectivity index (χ4n) is 3.80. The minimum atomic E-state index is -0.0522. The Balaban J connectivity index is 1.73.